The van der Waals surface area contributed by atoms with E-state index < -0.39 is 17.7 Å². The highest BCUT2D eigenvalue weighted by atomic mass is 16.5. The third-order valence-corrected chi connectivity index (χ3v) is 7.53. The number of carbonyl (C=O) groups excluding carboxylic acids is 2. The van der Waals surface area contributed by atoms with Gasteiger partial charge in [-0.05, 0) is 99.2 Å². The van der Waals surface area contributed by atoms with Gasteiger partial charge in [0.2, 0.25) is 0 Å². The summed E-state index contributed by atoms with van der Waals surface area (Å²) in [7, 11) is 0. The number of rotatable bonds is 7. The Hall–Kier alpha value is -4.00. The van der Waals surface area contributed by atoms with Crippen molar-refractivity contribution in [1.29, 1.82) is 0 Å². The predicted octanol–water partition coefficient (Wildman–Crippen LogP) is 6.73. The van der Waals surface area contributed by atoms with Crippen LogP contribution < -0.4 is 14.5 Å². The molecule has 1 unspecified atom stereocenters. The summed E-state index contributed by atoms with van der Waals surface area (Å²) < 4.78 is 11.7. The van der Waals surface area contributed by atoms with E-state index in [2.05, 4.69) is 4.90 Å². The lowest BCUT2D eigenvalue weighted by atomic mass is 9.95. The first kappa shape index (κ1) is 26.6. The molecule has 0 spiro atoms. The number of ketones is 1. The first-order valence-electron chi connectivity index (χ1n) is 13.8. The summed E-state index contributed by atoms with van der Waals surface area (Å²) in [6, 6.07) is 15.7. The van der Waals surface area contributed by atoms with Crippen molar-refractivity contribution in [3.05, 3.63) is 82.8 Å². The smallest absolute Gasteiger partial charge is 0.300 e. The van der Waals surface area contributed by atoms with Crippen LogP contribution in [0.5, 0.6) is 5.75 Å². The minimum absolute atomic E-state index is 0.00771. The third kappa shape index (κ3) is 5.05. The van der Waals surface area contributed by atoms with Gasteiger partial charge < -0.3 is 19.2 Å². The van der Waals surface area contributed by atoms with Crippen LogP contribution in [0.2, 0.25) is 0 Å². The summed E-state index contributed by atoms with van der Waals surface area (Å²) in [6.45, 7) is 10.4. The average molecular weight is 529 g/mol. The highest BCUT2D eigenvalue weighted by molar-refractivity contribution is 6.51. The summed E-state index contributed by atoms with van der Waals surface area (Å²) in [4.78, 5) is 30.8. The Bertz CT molecular complexity index is 1400. The second-order valence-electron chi connectivity index (χ2n) is 10.5. The standard InChI is InChI=1S/C32H36N2O5/c1-5-38-26-16-10-22(19-25(26)20(2)3)30(35)28-29(27-15-9-21(4)39-27)34(32(37)31(28)36)24-13-11-23(12-14-24)33-17-7-6-8-18-33/h9-16,19-20,29,35H,5-8,17-18H2,1-4H3/b30-28-. The first-order chi connectivity index (χ1) is 18.8. The van der Waals surface area contributed by atoms with Crippen molar-refractivity contribution in [3.63, 3.8) is 0 Å². The maximum absolute atomic E-state index is 13.5. The number of hydrogen-bond acceptors (Lipinski definition) is 6. The first-order valence-corrected chi connectivity index (χ1v) is 13.8. The van der Waals surface area contributed by atoms with Gasteiger partial charge in [-0.2, -0.15) is 0 Å². The third-order valence-electron chi connectivity index (χ3n) is 7.53. The summed E-state index contributed by atoms with van der Waals surface area (Å²) in [5.74, 6) is 0.260. The van der Waals surface area contributed by atoms with E-state index in [1.54, 1.807) is 24.3 Å². The Kier molecular flexibility index (Phi) is 7.51. The molecule has 2 aliphatic rings. The van der Waals surface area contributed by atoms with Crippen molar-refractivity contribution in [1.82, 2.24) is 0 Å². The number of aryl methyl sites for hydroxylation is 1. The van der Waals surface area contributed by atoms with Gasteiger partial charge in [0.15, 0.2) is 0 Å². The van der Waals surface area contributed by atoms with Crippen molar-refractivity contribution in [2.45, 2.75) is 58.9 Å². The highest BCUT2D eigenvalue weighted by Gasteiger charge is 2.48. The zero-order valence-corrected chi connectivity index (χ0v) is 23.1. The number of amides is 1. The molecule has 2 saturated heterocycles. The molecule has 0 saturated carbocycles. The zero-order chi connectivity index (χ0) is 27.7. The SMILES string of the molecule is CCOc1ccc(/C(O)=C2/C(=O)C(=O)N(c3ccc(N4CCCCC4)cc3)C2c2ccc(C)o2)cc1C(C)C. The van der Waals surface area contributed by atoms with Crippen LogP contribution in [0, 0.1) is 6.92 Å². The summed E-state index contributed by atoms with van der Waals surface area (Å²) in [5, 5.41) is 11.5. The number of carbonyl (C=O) groups is 2. The minimum atomic E-state index is -0.895. The molecule has 1 atom stereocenters. The fourth-order valence-electron chi connectivity index (χ4n) is 5.53. The van der Waals surface area contributed by atoms with Crippen molar-refractivity contribution >= 4 is 28.8 Å². The van der Waals surface area contributed by atoms with Crippen LogP contribution in [-0.2, 0) is 9.59 Å². The highest BCUT2D eigenvalue weighted by Crippen LogP contribution is 2.43. The van der Waals surface area contributed by atoms with Gasteiger partial charge in [0.25, 0.3) is 11.7 Å². The second kappa shape index (κ2) is 11.0. The van der Waals surface area contributed by atoms with Gasteiger partial charge in [0.1, 0.15) is 29.1 Å². The van der Waals surface area contributed by atoms with Gasteiger partial charge in [-0.3, -0.25) is 14.5 Å². The Morgan fingerprint density at radius 3 is 2.31 bits per heavy atom. The number of benzene rings is 2. The van der Waals surface area contributed by atoms with E-state index in [-0.39, 0.29) is 17.3 Å². The van der Waals surface area contributed by atoms with Crippen LogP contribution in [0.4, 0.5) is 11.4 Å². The molecule has 0 aliphatic carbocycles. The summed E-state index contributed by atoms with van der Waals surface area (Å²) in [5.41, 5.74) is 3.04. The lowest BCUT2D eigenvalue weighted by molar-refractivity contribution is -0.132. The van der Waals surface area contributed by atoms with E-state index in [0.717, 1.165) is 42.9 Å². The Morgan fingerprint density at radius 2 is 1.69 bits per heavy atom. The lowest BCUT2D eigenvalue weighted by Gasteiger charge is -2.29. The molecule has 2 aliphatic heterocycles. The van der Waals surface area contributed by atoms with Gasteiger partial charge >= 0.3 is 0 Å². The molecule has 3 aromatic rings. The van der Waals surface area contributed by atoms with Crippen molar-refractivity contribution in [2.75, 3.05) is 29.5 Å². The molecule has 0 radical (unpaired) electrons. The molecule has 3 heterocycles. The number of Topliss-reactive ketones (excluding diaryl/α,β-unsaturated/α-hetero) is 1. The van der Waals surface area contributed by atoms with E-state index in [9.17, 15) is 14.7 Å². The van der Waals surface area contributed by atoms with Crippen molar-refractivity contribution in [2.24, 2.45) is 0 Å². The van der Waals surface area contributed by atoms with Gasteiger partial charge in [-0.25, -0.2) is 0 Å². The molecule has 7 nitrogen and oxygen atoms in total. The molecule has 1 amide bonds. The van der Waals surface area contributed by atoms with E-state index >= 15 is 0 Å². The molecular weight excluding hydrogens is 492 g/mol. The number of ether oxygens (including phenoxy) is 1. The molecular formula is C32H36N2O5. The zero-order valence-electron chi connectivity index (χ0n) is 23.1. The van der Waals surface area contributed by atoms with Crippen LogP contribution in [-0.4, -0.2) is 36.5 Å². The van der Waals surface area contributed by atoms with Gasteiger partial charge in [0.05, 0.1) is 12.2 Å². The number of furan rings is 1. The Balaban J connectivity index is 1.59. The van der Waals surface area contributed by atoms with Crippen LogP contribution in [0.25, 0.3) is 5.76 Å². The quantitative estimate of drug-likeness (QED) is 0.208. The molecule has 7 heteroatoms. The normalized spacial score (nSPS) is 19.3. The molecule has 0 bridgehead atoms. The summed E-state index contributed by atoms with van der Waals surface area (Å²) in [6.07, 6.45) is 3.57. The summed E-state index contributed by atoms with van der Waals surface area (Å²) >= 11 is 0. The average Bonchev–Trinajstić information content (AvgIpc) is 3.49. The van der Waals surface area contributed by atoms with Crippen molar-refractivity contribution in [3.8, 4) is 5.75 Å². The fourth-order valence-corrected chi connectivity index (χ4v) is 5.53. The number of aliphatic hydroxyl groups is 1. The monoisotopic (exact) mass is 528 g/mol. The van der Waals surface area contributed by atoms with Crippen LogP contribution >= 0.6 is 0 Å². The Labute approximate surface area is 229 Å². The lowest BCUT2D eigenvalue weighted by Crippen LogP contribution is -2.30. The fraction of sp³-hybridized carbons (Fsp3) is 0.375. The number of aliphatic hydroxyl groups excluding tert-OH is 1. The van der Waals surface area contributed by atoms with Gasteiger partial charge in [0, 0.05) is 30.0 Å². The number of anilines is 2. The molecule has 2 fully saturated rings. The number of nitrogens with zero attached hydrogens (tertiary/aromatic N) is 2. The molecule has 1 aromatic heterocycles. The maximum Gasteiger partial charge on any atom is 0.300 e. The van der Waals surface area contributed by atoms with Crippen LogP contribution in [0.3, 0.4) is 0 Å². The van der Waals surface area contributed by atoms with Gasteiger partial charge in [-0.15, -0.1) is 0 Å². The molecule has 5 rings (SSSR count). The molecule has 39 heavy (non-hydrogen) atoms. The van der Waals surface area contributed by atoms with E-state index in [1.165, 1.54) is 11.3 Å². The predicted molar refractivity (Wildman–Crippen MR) is 152 cm³/mol. The number of hydrogen-bond donors (Lipinski definition) is 1. The van der Waals surface area contributed by atoms with Crippen LogP contribution in [0.15, 0.2) is 64.6 Å². The minimum Gasteiger partial charge on any atom is -0.507 e. The van der Waals surface area contributed by atoms with Crippen molar-refractivity contribution < 1.29 is 23.8 Å². The largest absolute Gasteiger partial charge is 0.507 e. The maximum atomic E-state index is 13.5. The molecule has 1 N–H and O–H groups in total. The van der Waals surface area contributed by atoms with E-state index in [4.69, 9.17) is 9.15 Å². The van der Waals surface area contributed by atoms with Gasteiger partial charge in [-0.1, -0.05) is 13.8 Å². The van der Waals surface area contributed by atoms with Crippen LogP contribution in [0.1, 0.15) is 74.6 Å². The Morgan fingerprint density at radius 1 is 1.00 bits per heavy atom. The van der Waals surface area contributed by atoms with E-state index in [0.29, 0.717) is 29.4 Å². The molecule has 2 aromatic carbocycles. The van der Waals surface area contributed by atoms with E-state index in [1.807, 2.05) is 58.0 Å². The molecule has 204 valence electrons. The topological polar surface area (TPSA) is 83.2 Å². The second-order valence-corrected chi connectivity index (χ2v) is 10.5. The number of piperidine rings is 1.